The van der Waals surface area contributed by atoms with Crippen LogP contribution in [0.1, 0.15) is 9.68 Å². The zero-order valence-corrected chi connectivity index (χ0v) is 30.5. The van der Waals surface area contributed by atoms with Gasteiger partial charge in [0.2, 0.25) is 5.88 Å². The summed E-state index contributed by atoms with van der Waals surface area (Å²) in [4.78, 5) is 9.21. The van der Waals surface area contributed by atoms with Crippen molar-refractivity contribution in [2.45, 2.75) is 19.9 Å². The van der Waals surface area contributed by atoms with E-state index >= 15 is 0 Å². The molecule has 53 heavy (non-hydrogen) atoms. The number of benzene rings is 7. The number of hydrogen-bond donors (Lipinski definition) is 0. The van der Waals surface area contributed by atoms with Gasteiger partial charge in [-0.05, 0) is 84.9 Å². The van der Waals surface area contributed by atoms with E-state index in [4.69, 9.17) is 8.85 Å². The highest BCUT2D eigenvalue weighted by atomic mass is 28.3. The maximum absolute atomic E-state index is 8.59. The van der Waals surface area contributed by atoms with Gasteiger partial charge in [0.25, 0.3) is 0 Å². The Morgan fingerprint density at radius 3 is 1.47 bits per heavy atom. The quantitative estimate of drug-likeness (QED) is 0.162. The summed E-state index contributed by atoms with van der Waals surface area (Å²) in [5.41, 5.74) is 12.7. The molecule has 8 aromatic rings. The number of nitrogens with zero attached hydrogens (tertiary/aromatic N) is 2. The molecule has 0 saturated heterocycles. The van der Waals surface area contributed by atoms with E-state index in [0.29, 0.717) is 17.2 Å². The minimum Gasteiger partial charge on any atom is -0.437 e. The molecule has 9 rings (SSSR count). The lowest BCUT2D eigenvalue weighted by Gasteiger charge is -2.32. The lowest BCUT2D eigenvalue weighted by atomic mass is 9.79. The molecule has 4 heteroatoms. The van der Waals surface area contributed by atoms with Crippen LogP contribution in [0.25, 0.3) is 66.8 Å². The first kappa shape index (κ1) is 29.2. The second-order valence-electron chi connectivity index (χ2n) is 13.9. The van der Waals surface area contributed by atoms with Crippen LogP contribution in [0, 0.1) is 6.85 Å². The van der Waals surface area contributed by atoms with E-state index in [1.807, 2.05) is 18.2 Å². The molecule has 0 spiro atoms. The standard InChI is InChI=1S/C49H38N2OSi/c1-33-24-29-42-47(52-48-49(53(42,2)3)51-31-30-50-48)43(33)39-27-25-35(26-28-39)41-32-40(34-16-8-4-9-17-34)44(36-18-10-5-11-19-36)46(38-22-14-7-15-23-38)45(41)37-20-12-6-13-21-37/h4-32H,1-3H3/i1D3. The average molecular weight is 702 g/mol. The first-order chi connectivity index (χ1) is 27.2. The van der Waals surface area contributed by atoms with Crippen LogP contribution in [0.5, 0.6) is 11.6 Å². The predicted octanol–water partition coefficient (Wildman–Crippen LogP) is 11.7. The van der Waals surface area contributed by atoms with Gasteiger partial charge < -0.3 is 4.74 Å². The van der Waals surface area contributed by atoms with Crippen molar-refractivity contribution in [3.05, 3.63) is 182 Å². The fraction of sp³-hybridized carbons (Fsp3) is 0.0612. The summed E-state index contributed by atoms with van der Waals surface area (Å²) in [5.74, 6) is 1.01. The molecule has 0 radical (unpaired) electrons. The largest absolute Gasteiger partial charge is 0.437 e. The SMILES string of the molecule is [2H]C([2H])([2H])c1ccc2c(c1-c1ccc(-c3cc(-c4ccccc4)c(-c4ccccc4)c(-c4ccccc4)c3-c3ccccc3)cc1)Oc1nccnc1[Si]2(C)C. The molecule has 0 N–H and O–H groups in total. The van der Waals surface area contributed by atoms with Gasteiger partial charge in [0.1, 0.15) is 13.8 Å². The molecular formula is C49H38N2OSi. The topological polar surface area (TPSA) is 35.0 Å². The van der Waals surface area contributed by atoms with Gasteiger partial charge >= 0.3 is 0 Å². The Bertz CT molecular complexity index is 2700. The molecule has 0 unspecified atom stereocenters. The zero-order chi connectivity index (χ0) is 38.4. The molecule has 0 amide bonds. The third-order valence-electron chi connectivity index (χ3n) is 10.4. The highest BCUT2D eigenvalue weighted by Crippen LogP contribution is 2.50. The fourth-order valence-corrected chi connectivity index (χ4v) is 10.3. The molecule has 1 aromatic heterocycles. The predicted molar refractivity (Wildman–Crippen MR) is 223 cm³/mol. The molecule has 2 heterocycles. The lowest BCUT2D eigenvalue weighted by molar-refractivity contribution is 0.466. The van der Waals surface area contributed by atoms with E-state index < -0.39 is 14.9 Å². The molecular weight excluding hydrogens is 661 g/mol. The first-order valence-electron chi connectivity index (χ1n) is 19.4. The van der Waals surface area contributed by atoms with Crippen LogP contribution in [-0.2, 0) is 0 Å². The maximum atomic E-state index is 8.59. The summed E-state index contributed by atoms with van der Waals surface area (Å²) in [6, 6.07) is 56.8. The van der Waals surface area contributed by atoms with Crippen LogP contribution in [-0.4, -0.2) is 18.0 Å². The van der Waals surface area contributed by atoms with Crippen LogP contribution in [0.4, 0.5) is 0 Å². The number of rotatable bonds is 6. The number of hydrogen-bond acceptors (Lipinski definition) is 3. The molecule has 1 aliphatic heterocycles. The molecule has 0 bridgehead atoms. The smallest absolute Gasteiger partial charge is 0.236 e. The summed E-state index contributed by atoms with van der Waals surface area (Å²) in [7, 11) is -2.38. The Hall–Kier alpha value is -6.36. The van der Waals surface area contributed by atoms with E-state index in [0.717, 1.165) is 71.7 Å². The van der Waals surface area contributed by atoms with Crippen molar-refractivity contribution in [2.75, 3.05) is 0 Å². The first-order valence-corrected chi connectivity index (χ1v) is 20.9. The Morgan fingerprint density at radius 1 is 0.472 bits per heavy atom. The Kier molecular flexibility index (Phi) is 7.35. The number of aromatic nitrogens is 2. The summed E-state index contributed by atoms with van der Waals surface area (Å²) in [6.07, 6.45) is 3.32. The molecule has 3 nitrogen and oxygen atoms in total. The van der Waals surface area contributed by atoms with E-state index in [1.165, 1.54) is 0 Å². The third-order valence-corrected chi connectivity index (χ3v) is 13.6. The van der Waals surface area contributed by atoms with Crippen molar-refractivity contribution in [2.24, 2.45) is 0 Å². The Labute approximate surface area is 316 Å². The summed E-state index contributed by atoms with van der Waals surface area (Å²) >= 11 is 0. The highest BCUT2D eigenvalue weighted by Gasteiger charge is 2.40. The minimum atomic E-state index is -2.38. The van der Waals surface area contributed by atoms with E-state index in [2.05, 4.69) is 163 Å². The van der Waals surface area contributed by atoms with Crippen molar-refractivity contribution >= 4 is 18.6 Å². The summed E-state index contributed by atoms with van der Waals surface area (Å²) < 4.78 is 32.3. The van der Waals surface area contributed by atoms with Gasteiger partial charge in [-0.1, -0.05) is 171 Å². The van der Waals surface area contributed by atoms with Crippen LogP contribution in [0.3, 0.4) is 0 Å². The van der Waals surface area contributed by atoms with E-state index in [-0.39, 0.29) is 5.56 Å². The second kappa shape index (κ2) is 13.3. The van der Waals surface area contributed by atoms with Gasteiger partial charge in [0.15, 0.2) is 0 Å². The van der Waals surface area contributed by atoms with E-state index in [1.54, 1.807) is 18.5 Å². The maximum Gasteiger partial charge on any atom is 0.236 e. The van der Waals surface area contributed by atoms with Crippen molar-refractivity contribution in [3.8, 4) is 78.4 Å². The zero-order valence-electron chi connectivity index (χ0n) is 32.5. The van der Waals surface area contributed by atoms with Gasteiger partial charge in [-0.3, -0.25) is 4.98 Å². The van der Waals surface area contributed by atoms with Crippen molar-refractivity contribution in [1.82, 2.24) is 9.97 Å². The van der Waals surface area contributed by atoms with Gasteiger partial charge in [0, 0.05) is 22.1 Å². The van der Waals surface area contributed by atoms with E-state index in [9.17, 15) is 0 Å². The summed E-state index contributed by atoms with van der Waals surface area (Å²) in [6.45, 7) is 2.05. The van der Waals surface area contributed by atoms with Crippen molar-refractivity contribution < 1.29 is 8.85 Å². The van der Waals surface area contributed by atoms with Crippen LogP contribution < -0.4 is 15.2 Å². The number of ether oxygens (including phenoxy) is 1. The molecule has 0 saturated carbocycles. The highest BCUT2D eigenvalue weighted by molar-refractivity contribution is 7.01. The normalized spacial score (nSPS) is 13.8. The second-order valence-corrected chi connectivity index (χ2v) is 18.2. The molecule has 7 aromatic carbocycles. The lowest BCUT2D eigenvalue weighted by Crippen LogP contribution is -2.57. The molecule has 0 atom stereocenters. The fourth-order valence-electron chi connectivity index (χ4n) is 7.80. The monoisotopic (exact) mass is 701 g/mol. The molecule has 1 aliphatic rings. The van der Waals surface area contributed by atoms with Gasteiger partial charge in [-0.25, -0.2) is 4.98 Å². The third kappa shape index (κ3) is 5.68. The molecule has 0 aliphatic carbocycles. The minimum absolute atomic E-state index is 0.246. The Balaban J connectivity index is 1.32. The van der Waals surface area contributed by atoms with Crippen molar-refractivity contribution in [1.29, 1.82) is 0 Å². The average Bonchev–Trinajstić information content (AvgIpc) is 3.23. The van der Waals surface area contributed by atoms with Gasteiger partial charge in [-0.2, -0.15) is 0 Å². The number of fused-ring (bicyclic) bond motifs is 2. The van der Waals surface area contributed by atoms with Gasteiger partial charge in [-0.15, -0.1) is 0 Å². The molecule has 254 valence electrons. The summed E-state index contributed by atoms with van der Waals surface area (Å²) in [5, 5.41) is 1.85. The van der Waals surface area contributed by atoms with Gasteiger partial charge in [0.05, 0.1) is 5.32 Å². The van der Waals surface area contributed by atoms with Crippen LogP contribution in [0.15, 0.2) is 176 Å². The number of aryl methyl sites for hydroxylation is 1. The van der Waals surface area contributed by atoms with Crippen LogP contribution in [0.2, 0.25) is 13.1 Å². The molecule has 0 fully saturated rings. The van der Waals surface area contributed by atoms with Crippen molar-refractivity contribution in [3.63, 3.8) is 0 Å². The van der Waals surface area contributed by atoms with Crippen LogP contribution >= 0.6 is 0 Å². The Morgan fingerprint density at radius 2 is 0.925 bits per heavy atom.